The SMILES string of the molecule is CC.CC1(N2CCC(=O)CC2)CCOCC1. The van der Waals surface area contributed by atoms with E-state index in [4.69, 9.17) is 4.74 Å². The minimum absolute atomic E-state index is 0.291. The summed E-state index contributed by atoms with van der Waals surface area (Å²) in [5.41, 5.74) is 0.291. The molecule has 0 aromatic carbocycles. The molecule has 94 valence electrons. The number of Topliss-reactive ketones (excluding diaryl/α,β-unsaturated/α-hetero) is 1. The molecule has 2 heterocycles. The molecule has 2 aliphatic rings. The molecule has 16 heavy (non-hydrogen) atoms. The first-order valence-corrected chi connectivity index (χ1v) is 6.55. The van der Waals surface area contributed by atoms with Gasteiger partial charge in [-0.1, -0.05) is 13.8 Å². The average molecular weight is 227 g/mol. The summed E-state index contributed by atoms with van der Waals surface area (Å²) in [6.45, 7) is 9.97. The van der Waals surface area contributed by atoms with Crippen molar-refractivity contribution in [3.8, 4) is 0 Å². The molecular weight excluding hydrogens is 202 g/mol. The third-order valence-corrected chi connectivity index (χ3v) is 3.65. The van der Waals surface area contributed by atoms with Crippen LogP contribution in [-0.2, 0) is 9.53 Å². The van der Waals surface area contributed by atoms with Crippen molar-refractivity contribution in [1.29, 1.82) is 0 Å². The third kappa shape index (κ3) is 3.29. The lowest BCUT2D eigenvalue weighted by atomic mass is 9.88. The molecular formula is C13H25NO2. The van der Waals surface area contributed by atoms with Gasteiger partial charge in [0, 0.05) is 44.7 Å². The van der Waals surface area contributed by atoms with Crippen LogP contribution < -0.4 is 0 Å². The summed E-state index contributed by atoms with van der Waals surface area (Å²) < 4.78 is 5.38. The van der Waals surface area contributed by atoms with Gasteiger partial charge in [0.15, 0.2) is 0 Å². The molecule has 2 rings (SSSR count). The minimum atomic E-state index is 0.291. The van der Waals surface area contributed by atoms with Crippen LogP contribution in [0.5, 0.6) is 0 Å². The smallest absolute Gasteiger partial charge is 0.135 e. The number of nitrogens with zero attached hydrogens (tertiary/aromatic N) is 1. The molecule has 0 aliphatic carbocycles. The van der Waals surface area contributed by atoms with E-state index in [1.165, 1.54) is 0 Å². The largest absolute Gasteiger partial charge is 0.381 e. The van der Waals surface area contributed by atoms with Crippen LogP contribution in [0.4, 0.5) is 0 Å². The number of rotatable bonds is 1. The topological polar surface area (TPSA) is 29.5 Å². The quantitative estimate of drug-likeness (QED) is 0.688. The van der Waals surface area contributed by atoms with Crippen LogP contribution in [0.25, 0.3) is 0 Å². The molecule has 0 unspecified atom stereocenters. The van der Waals surface area contributed by atoms with Crippen molar-refractivity contribution in [2.24, 2.45) is 0 Å². The van der Waals surface area contributed by atoms with Crippen molar-refractivity contribution in [2.45, 2.75) is 52.0 Å². The Morgan fingerprint density at radius 3 is 2.12 bits per heavy atom. The molecule has 2 aliphatic heterocycles. The van der Waals surface area contributed by atoms with Crippen LogP contribution in [0.15, 0.2) is 0 Å². The molecule has 3 heteroatoms. The van der Waals surface area contributed by atoms with Crippen molar-refractivity contribution < 1.29 is 9.53 Å². The van der Waals surface area contributed by atoms with E-state index in [1.807, 2.05) is 13.8 Å². The van der Waals surface area contributed by atoms with E-state index in [9.17, 15) is 4.79 Å². The Balaban J connectivity index is 0.000000606. The highest BCUT2D eigenvalue weighted by Gasteiger charge is 2.35. The van der Waals surface area contributed by atoms with Gasteiger partial charge in [0.2, 0.25) is 0 Å². The first-order valence-electron chi connectivity index (χ1n) is 6.55. The van der Waals surface area contributed by atoms with Gasteiger partial charge < -0.3 is 4.74 Å². The van der Waals surface area contributed by atoms with Crippen LogP contribution >= 0.6 is 0 Å². The molecule has 0 bridgehead atoms. The van der Waals surface area contributed by atoms with E-state index in [0.717, 1.165) is 52.0 Å². The van der Waals surface area contributed by atoms with E-state index in [-0.39, 0.29) is 0 Å². The van der Waals surface area contributed by atoms with Gasteiger partial charge in [-0.2, -0.15) is 0 Å². The fourth-order valence-electron chi connectivity index (χ4n) is 2.42. The van der Waals surface area contributed by atoms with Crippen LogP contribution in [-0.4, -0.2) is 42.5 Å². The molecule has 0 amide bonds. The Hall–Kier alpha value is -0.410. The normalized spacial score (nSPS) is 25.8. The van der Waals surface area contributed by atoms with E-state index in [0.29, 0.717) is 11.3 Å². The number of piperidine rings is 1. The molecule has 3 nitrogen and oxygen atoms in total. The zero-order valence-corrected chi connectivity index (χ0v) is 10.9. The van der Waals surface area contributed by atoms with Gasteiger partial charge in [-0.15, -0.1) is 0 Å². The summed E-state index contributed by atoms with van der Waals surface area (Å²) in [5.74, 6) is 0.428. The van der Waals surface area contributed by atoms with Crippen molar-refractivity contribution in [3.63, 3.8) is 0 Å². The van der Waals surface area contributed by atoms with Crippen LogP contribution in [0, 0.1) is 0 Å². The van der Waals surface area contributed by atoms with Gasteiger partial charge in [0.05, 0.1) is 0 Å². The maximum atomic E-state index is 11.1. The molecule has 0 aromatic heterocycles. The lowest BCUT2D eigenvalue weighted by Crippen LogP contribution is -2.52. The number of carbonyl (C=O) groups is 1. The van der Waals surface area contributed by atoms with Crippen molar-refractivity contribution in [3.05, 3.63) is 0 Å². The Morgan fingerprint density at radius 1 is 1.12 bits per heavy atom. The number of ether oxygens (including phenoxy) is 1. The summed E-state index contributed by atoms with van der Waals surface area (Å²) in [4.78, 5) is 13.6. The second-order valence-electron chi connectivity index (χ2n) is 4.64. The second-order valence-corrected chi connectivity index (χ2v) is 4.64. The van der Waals surface area contributed by atoms with Gasteiger partial charge in [0.1, 0.15) is 5.78 Å². The molecule has 0 spiro atoms. The maximum Gasteiger partial charge on any atom is 0.135 e. The van der Waals surface area contributed by atoms with E-state index in [1.54, 1.807) is 0 Å². The summed E-state index contributed by atoms with van der Waals surface area (Å²) in [7, 11) is 0. The molecule has 0 atom stereocenters. The second kappa shape index (κ2) is 6.36. The highest BCUT2D eigenvalue weighted by atomic mass is 16.5. The number of ketones is 1. The molecule has 0 aromatic rings. The maximum absolute atomic E-state index is 11.1. The monoisotopic (exact) mass is 227 g/mol. The lowest BCUT2D eigenvalue weighted by Gasteiger charge is -2.45. The predicted octanol–water partition coefficient (Wildman–Crippen LogP) is 2.25. The third-order valence-electron chi connectivity index (χ3n) is 3.65. The van der Waals surface area contributed by atoms with E-state index >= 15 is 0 Å². The number of carbonyl (C=O) groups excluding carboxylic acids is 1. The number of hydrogen-bond donors (Lipinski definition) is 0. The van der Waals surface area contributed by atoms with Crippen molar-refractivity contribution in [2.75, 3.05) is 26.3 Å². The fourth-order valence-corrected chi connectivity index (χ4v) is 2.42. The van der Waals surface area contributed by atoms with Crippen molar-refractivity contribution in [1.82, 2.24) is 4.90 Å². The van der Waals surface area contributed by atoms with E-state index < -0.39 is 0 Å². The molecule has 0 N–H and O–H groups in total. The average Bonchev–Trinajstić information content (AvgIpc) is 2.33. The lowest BCUT2D eigenvalue weighted by molar-refractivity contribution is -0.123. The van der Waals surface area contributed by atoms with Crippen molar-refractivity contribution >= 4 is 5.78 Å². The molecule has 0 saturated carbocycles. The van der Waals surface area contributed by atoms with E-state index in [2.05, 4.69) is 11.8 Å². The first kappa shape index (κ1) is 13.7. The van der Waals surface area contributed by atoms with Gasteiger partial charge in [-0.3, -0.25) is 9.69 Å². The minimum Gasteiger partial charge on any atom is -0.381 e. The zero-order valence-electron chi connectivity index (χ0n) is 10.9. The standard InChI is InChI=1S/C11H19NO2.C2H6/c1-11(4-8-14-9-5-11)12-6-2-10(13)3-7-12;1-2/h2-9H2,1H3;1-2H3. The van der Waals surface area contributed by atoms with Gasteiger partial charge >= 0.3 is 0 Å². The van der Waals surface area contributed by atoms with Crippen LogP contribution in [0.3, 0.4) is 0 Å². The summed E-state index contributed by atoms with van der Waals surface area (Å²) in [6.07, 6.45) is 3.72. The Morgan fingerprint density at radius 2 is 1.62 bits per heavy atom. The number of likely N-dealkylation sites (tertiary alicyclic amines) is 1. The zero-order chi connectivity index (χ0) is 12.0. The van der Waals surface area contributed by atoms with Crippen LogP contribution in [0.1, 0.15) is 46.5 Å². The van der Waals surface area contributed by atoms with Gasteiger partial charge in [0.25, 0.3) is 0 Å². The summed E-state index contributed by atoms with van der Waals surface area (Å²) >= 11 is 0. The van der Waals surface area contributed by atoms with Crippen LogP contribution in [0.2, 0.25) is 0 Å². The van der Waals surface area contributed by atoms with Gasteiger partial charge in [-0.05, 0) is 19.8 Å². The summed E-state index contributed by atoms with van der Waals surface area (Å²) in [6, 6.07) is 0. The molecule has 2 saturated heterocycles. The Labute approximate surface area is 99.1 Å². The Bertz CT molecular complexity index is 212. The molecule has 0 radical (unpaired) electrons. The highest BCUT2D eigenvalue weighted by molar-refractivity contribution is 5.79. The highest BCUT2D eigenvalue weighted by Crippen LogP contribution is 2.29. The fraction of sp³-hybridized carbons (Fsp3) is 0.923. The number of hydrogen-bond acceptors (Lipinski definition) is 3. The Kier molecular flexibility index (Phi) is 5.42. The first-order chi connectivity index (χ1) is 7.71. The summed E-state index contributed by atoms with van der Waals surface area (Å²) in [5, 5.41) is 0. The predicted molar refractivity (Wildman–Crippen MR) is 65.6 cm³/mol. The molecule has 2 fully saturated rings. The van der Waals surface area contributed by atoms with Gasteiger partial charge in [-0.25, -0.2) is 0 Å².